The number of hydrogen-bond donors (Lipinski definition) is 2. The van der Waals surface area contributed by atoms with Crippen molar-refractivity contribution in [3.63, 3.8) is 0 Å². The number of phenolic OH excluding ortho intramolecular Hbond substituents is 1. The molecule has 0 bridgehead atoms. The van der Waals surface area contributed by atoms with Gasteiger partial charge in [0.25, 0.3) is 0 Å². The third-order valence-electron chi connectivity index (χ3n) is 3.70. The molecule has 2 N–H and O–H groups in total. The Kier molecular flexibility index (Phi) is 7.43. The SMILES string of the molecule is CC(CSCCC(=O)O)C(=O)Oc1ccc(C(=O)c2ccccc2)c(O)c1. The minimum atomic E-state index is -0.877. The number of ether oxygens (including phenoxy) is 1. The summed E-state index contributed by atoms with van der Waals surface area (Å²) in [4.78, 5) is 34.9. The van der Waals surface area contributed by atoms with Crippen LogP contribution in [0.25, 0.3) is 0 Å². The van der Waals surface area contributed by atoms with Gasteiger partial charge in [0.15, 0.2) is 5.78 Å². The molecule has 2 rings (SSSR count). The van der Waals surface area contributed by atoms with Crippen molar-refractivity contribution in [3.05, 3.63) is 59.7 Å². The highest BCUT2D eigenvalue weighted by Crippen LogP contribution is 2.26. The van der Waals surface area contributed by atoms with Gasteiger partial charge in [0, 0.05) is 23.1 Å². The Morgan fingerprint density at radius 2 is 1.81 bits per heavy atom. The maximum atomic E-state index is 12.4. The molecule has 2 aromatic rings. The predicted molar refractivity (Wildman–Crippen MR) is 102 cm³/mol. The lowest BCUT2D eigenvalue weighted by Gasteiger charge is -2.12. The average Bonchev–Trinajstić information content (AvgIpc) is 2.65. The van der Waals surface area contributed by atoms with E-state index in [1.54, 1.807) is 37.3 Å². The largest absolute Gasteiger partial charge is 0.507 e. The summed E-state index contributed by atoms with van der Waals surface area (Å²) in [6, 6.07) is 12.7. The van der Waals surface area contributed by atoms with E-state index < -0.39 is 17.9 Å². The summed E-state index contributed by atoms with van der Waals surface area (Å²) in [5.74, 6) is -1.39. The number of carboxylic acid groups (broad SMARTS) is 1. The molecule has 1 unspecified atom stereocenters. The van der Waals surface area contributed by atoms with Gasteiger partial charge in [-0.1, -0.05) is 37.3 Å². The van der Waals surface area contributed by atoms with Crippen molar-refractivity contribution in [3.8, 4) is 11.5 Å². The standard InChI is InChI=1S/C20H20O6S/c1-13(12-27-10-9-18(22)23)20(25)26-15-7-8-16(17(21)11-15)19(24)14-5-3-2-4-6-14/h2-8,11,13,21H,9-10,12H2,1H3,(H,22,23). The lowest BCUT2D eigenvalue weighted by atomic mass is 10.0. The average molecular weight is 388 g/mol. The maximum absolute atomic E-state index is 12.4. The lowest BCUT2D eigenvalue weighted by Crippen LogP contribution is -2.20. The van der Waals surface area contributed by atoms with Crippen LogP contribution in [0.3, 0.4) is 0 Å². The van der Waals surface area contributed by atoms with E-state index in [9.17, 15) is 19.5 Å². The fraction of sp³-hybridized carbons (Fsp3) is 0.250. The van der Waals surface area contributed by atoms with Crippen LogP contribution < -0.4 is 4.74 Å². The Hall–Kier alpha value is -2.80. The third-order valence-corrected chi connectivity index (χ3v) is 4.93. The summed E-state index contributed by atoms with van der Waals surface area (Å²) < 4.78 is 5.24. The van der Waals surface area contributed by atoms with Gasteiger partial charge in [0.2, 0.25) is 0 Å². The molecule has 0 fully saturated rings. The van der Waals surface area contributed by atoms with Gasteiger partial charge in [-0.05, 0) is 12.1 Å². The number of esters is 1. The number of phenols is 1. The smallest absolute Gasteiger partial charge is 0.314 e. The molecular weight excluding hydrogens is 368 g/mol. The van der Waals surface area contributed by atoms with Crippen LogP contribution in [0.5, 0.6) is 11.5 Å². The molecule has 0 heterocycles. The Balaban J connectivity index is 1.96. The van der Waals surface area contributed by atoms with Crippen LogP contribution in [-0.4, -0.2) is 39.4 Å². The van der Waals surface area contributed by atoms with Gasteiger partial charge >= 0.3 is 11.9 Å². The van der Waals surface area contributed by atoms with Crippen LogP contribution in [0.15, 0.2) is 48.5 Å². The zero-order valence-electron chi connectivity index (χ0n) is 14.8. The van der Waals surface area contributed by atoms with Crippen LogP contribution in [-0.2, 0) is 9.59 Å². The van der Waals surface area contributed by atoms with Crippen molar-refractivity contribution >= 4 is 29.5 Å². The molecule has 0 amide bonds. The molecule has 0 aliphatic rings. The minimum absolute atomic E-state index is 0.0389. The lowest BCUT2D eigenvalue weighted by molar-refractivity contribution is -0.138. The highest BCUT2D eigenvalue weighted by molar-refractivity contribution is 7.99. The molecule has 142 valence electrons. The Labute approximate surface area is 161 Å². The molecule has 0 radical (unpaired) electrons. The summed E-state index contributed by atoms with van der Waals surface area (Å²) in [5.41, 5.74) is 0.572. The first-order chi connectivity index (χ1) is 12.9. The molecule has 27 heavy (non-hydrogen) atoms. The van der Waals surface area contributed by atoms with Crippen molar-refractivity contribution in [1.29, 1.82) is 0 Å². The molecule has 0 aliphatic carbocycles. The van der Waals surface area contributed by atoms with E-state index >= 15 is 0 Å². The topological polar surface area (TPSA) is 101 Å². The Bertz CT molecular complexity index is 818. The summed E-state index contributed by atoms with van der Waals surface area (Å²) in [6.07, 6.45) is 0.0389. The van der Waals surface area contributed by atoms with Gasteiger partial charge in [-0.3, -0.25) is 14.4 Å². The van der Waals surface area contributed by atoms with E-state index in [4.69, 9.17) is 9.84 Å². The van der Waals surface area contributed by atoms with Crippen molar-refractivity contribution in [2.45, 2.75) is 13.3 Å². The monoisotopic (exact) mass is 388 g/mol. The molecule has 2 aromatic carbocycles. The fourth-order valence-corrected chi connectivity index (χ4v) is 3.19. The van der Waals surface area contributed by atoms with Gasteiger partial charge in [-0.2, -0.15) is 11.8 Å². The highest BCUT2D eigenvalue weighted by Gasteiger charge is 2.18. The molecule has 0 saturated heterocycles. The number of thioether (sulfide) groups is 1. The number of benzene rings is 2. The third kappa shape index (κ3) is 6.14. The van der Waals surface area contributed by atoms with E-state index in [1.807, 2.05) is 0 Å². The van der Waals surface area contributed by atoms with Crippen molar-refractivity contribution in [2.24, 2.45) is 5.92 Å². The second-order valence-corrected chi connectivity index (χ2v) is 7.06. The fourth-order valence-electron chi connectivity index (χ4n) is 2.22. The van der Waals surface area contributed by atoms with E-state index in [0.717, 1.165) is 0 Å². The zero-order valence-corrected chi connectivity index (χ0v) is 15.6. The van der Waals surface area contributed by atoms with Crippen molar-refractivity contribution < 1.29 is 29.3 Å². The van der Waals surface area contributed by atoms with Crippen LogP contribution in [0.1, 0.15) is 29.3 Å². The molecular formula is C20H20O6S. The molecule has 0 saturated carbocycles. The number of rotatable bonds is 9. The summed E-state index contributed by atoms with van der Waals surface area (Å²) in [7, 11) is 0. The van der Waals surface area contributed by atoms with Crippen LogP contribution in [0.2, 0.25) is 0 Å². The summed E-state index contributed by atoms with van der Waals surface area (Å²) in [6.45, 7) is 1.68. The number of hydrogen-bond acceptors (Lipinski definition) is 6. The summed E-state index contributed by atoms with van der Waals surface area (Å²) in [5, 5.41) is 18.7. The van der Waals surface area contributed by atoms with Crippen LogP contribution in [0, 0.1) is 5.92 Å². The highest BCUT2D eigenvalue weighted by atomic mass is 32.2. The first-order valence-corrected chi connectivity index (χ1v) is 9.48. The van der Waals surface area contributed by atoms with Crippen molar-refractivity contribution in [2.75, 3.05) is 11.5 Å². The van der Waals surface area contributed by atoms with Crippen LogP contribution in [0.4, 0.5) is 0 Å². The number of carboxylic acids is 1. The minimum Gasteiger partial charge on any atom is -0.507 e. The van der Waals surface area contributed by atoms with Crippen molar-refractivity contribution in [1.82, 2.24) is 0 Å². The first kappa shape index (κ1) is 20.5. The Morgan fingerprint density at radius 3 is 2.44 bits per heavy atom. The van der Waals surface area contributed by atoms with Gasteiger partial charge in [0.1, 0.15) is 11.5 Å². The number of carbonyl (C=O) groups is 3. The van der Waals surface area contributed by atoms with E-state index in [0.29, 0.717) is 17.1 Å². The van der Waals surface area contributed by atoms with E-state index in [-0.39, 0.29) is 29.3 Å². The van der Waals surface area contributed by atoms with Gasteiger partial charge in [-0.25, -0.2) is 0 Å². The van der Waals surface area contributed by atoms with E-state index in [1.165, 1.54) is 30.0 Å². The second-order valence-electron chi connectivity index (χ2n) is 5.91. The first-order valence-electron chi connectivity index (χ1n) is 8.32. The summed E-state index contributed by atoms with van der Waals surface area (Å²) >= 11 is 1.36. The number of aromatic hydroxyl groups is 1. The van der Waals surface area contributed by atoms with E-state index in [2.05, 4.69) is 0 Å². The predicted octanol–water partition coefficient (Wildman–Crippen LogP) is 3.37. The van der Waals surface area contributed by atoms with Gasteiger partial charge in [-0.15, -0.1) is 0 Å². The molecule has 6 nitrogen and oxygen atoms in total. The maximum Gasteiger partial charge on any atom is 0.314 e. The quantitative estimate of drug-likeness (QED) is 0.294. The normalized spacial score (nSPS) is 11.6. The molecule has 0 aliphatic heterocycles. The molecule has 0 spiro atoms. The van der Waals surface area contributed by atoms with Gasteiger partial charge < -0.3 is 14.9 Å². The molecule has 7 heteroatoms. The van der Waals surface area contributed by atoms with Crippen LogP contribution >= 0.6 is 11.8 Å². The molecule has 0 aromatic heterocycles. The number of carbonyl (C=O) groups excluding carboxylic acids is 2. The number of aliphatic carboxylic acids is 1. The number of ketones is 1. The molecule has 1 atom stereocenters. The van der Waals surface area contributed by atoms with Gasteiger partial charge in [0.05, 0.1) is 17.9 Å². The Morgan fingerprint density at radius 1 is 1.11 bits per heavy atom. The second kappa shape index (κ2) is 9.78. The zero-order chi connectivity index (χ0) is 19.8.